The molecule has 0 heterocycles. The summed E-state index contributed by atoms with van der Waals surface area (Å²) in [6.45, 7) is 8.45. The first-order valence-corrected chi connectivity index (χ1v) is 10.1. The Kier molecular flexibility index (Phi) is 6.25. The van der Waals surface area contributed by atoms with Gasteiger partial charge in [0.05, 0.1) is 0 Å². The van der Waals surface area contributed by atoms with Crippen molar-refractivity contribution in [2.75, 3.05) is 0 Å². The summed E-state index contributed by atoms with van der Waals surface area (Å²) in [5.74, 6) is 0.572. The molecule has 0 unspecified atom stereocenters. The van der Waals surface area contributed by atoms with Crippen LogP contribution in [0.15, 0.2) is 72.8 Å². The molecule has 0 saturated heterocycles. The molecular weight excluding hydrogens is 408 g/mol. The lowest BCUT2D eigenvalue weighted by Crippen LogP contribution is -2.21. The fourth-order valence-corrected chi connectivity index (χ4v) is 3.72. The van der Waals surface area contributed by atoms with E-state index >= 15 is 0 Å². The van der Waals surface area contributed by atoms with E-state index in [1.807, 2.05) is 24.3 Å². The van der Waals surface area contributed by atoms with Gasteiger partial charge in [0.1, 0.15) is 11.5 Å². The number of benzene rings is 3. The third-order valence-corrected chi connectivity index (χ3v) is 5.89. The van der Waals surface area contributed by atoms with E-state index in [0.717, 1.165) is 22.3 Å². The molecule has 0 aliphatic rings. The number of hydrogen-bond donors (Lipinski definition) is 2. The van der Waals surface area contributed by atoms with Crippen molar-refractivity contribution in [3.05, 3.63) is 95.1 Å². The molecule has 0 atom stereocenters. The molecule has 0 fully saturated rings. The van der Waals surface area contributed by atoms with E-state index in [4.69, 9.17) is 10.2 Å². The SMILES string of the molecule is CC(C)(c1ccc(OC(=O)O)cc1)c1ccc(C(C)(C)c2ccc(OC(=O)O)cc2)cc1. The molecule has 0 aliphatic heterocycles. The molecule has 2 N–H and O–H groups in total. The third-order valence-electron chi connectivity index (χ3n) is 5.89. The topological polar surface area (TPSA) is 93.1 Å². The second kappa shape index (κ2) is 8.75. The van der Waals surface area contributed by atoms with Gasteiger partial charge >= 0.3 is 12.3 Å². The maximum absolute atomic E-state index is 10.7. The van der Waals surface area contributed by atoms with Crippen molar-refractivity contribution in [3.8, 4) is 11.5 Å². The average Bonchev–Trinajstić information content (AvgIpc) is 2.74. The Morgan fingerprint density at radius 3 is 0.969 bits per heavy atom. The van der Waals surface area contributed by atoms with Crippen LogP contribution in [0, 0.1) is 0 Å². The van der Waals surface area contributed by atoms with E-state index in [1.165, 1.54) is 0 Å². The Labute approximate surface area is 187 Å². The summed E-state index contributed by atoms with van der Waals surface area (Å²) in [5, 5.41) is 17.5. The van der Waals surface area contributed by atoms with Crippen molar-refractivity contribution in [1.82, 2.24) is 0 Å². The summed E-state index contributed by atoms with van der Waals surface area (Å²) in [7, 11) is 0. The summed E-state index contributed by atoms with van der Waals surface area (Å²) >= 11 is 0. The van der Waals surface area contributed by atoms with Crippen LogP contribution in [0.4, 0.5) is 9.59 Å². The van der Waals surface area contributed by atoms with Gasteiger partial charge in [-0.25, -0.2) is 9.59 Å². The Bertz CT molecular complexity index is 1000. The van der Waals surface area contributed by atoms with Gasteiger partial charge in [-0.3, -0.25) is 0 Å². The standard InChI is InChI=1S/C26H26O6/c1-25(2,19-9-13-21(14-10-19)31-23(27)28)17-5-7-18(8-6-17)26(3,4)20-11-15-22(16-12-20)32-24(29)30/h5-16H,1-4H3,(H,27,28)(H,29,30). The zero-order valence-corrected chi connectivity index (χ0v) is 18.5. The third kappa shape index (κ3) is 4.91. The highest BCUT2D eigenvalue weighted by atomic mass is 16.7. The number of hydrogen-bond acceptors (Lipinski definition) is 4. The highest BCUT2D eigenvalue weighted by Gasteiger charge is 2.26. The van der Waals surface area contributed by atoms with Gasteiger partial charge in [0, 0.05) is 10.8 Å². The second-order valence-corrected chi connectivity index (χ2v) is 8.61. The lowest BCUT2D eigenvalue weighted by atomic mass is 9.74. The quantitative estimate of drug-likeness (QED) is 0.342. The van der Waals surface area contributed by atoms with Crippen molar-refractivity contribution < 1.29 is 29.3 Å². The van der Waals surface area contributed by atoms with E-state index < -0.39 is 12.3 Å². The zero-order valence-electron chi connectivity index (χ0n) is 18.5. The van der Waals surface area contributed by atoms with E-state index in [-0.39, 0.29) is 22.3 Å². The van der Waals surface area contributed by atoms with Crippen LogP contribution < -0.4 is 9.47 Å². The Balaban J connectivity index is 1.82. The number of rotatable bonds is 6. The van der Waals surface area contributed by atoms with Crippen LogP contribution in [0.2, 0.25) is 0 Å². The molecule has 166 valence electrons. The average molecular weight is 434 g/mol. The molecule has 3 rings (SSSR count). The van der Waals surface area contributed by atoms with Gasteiger partial charge in [-0.15, -0.1) is 0 Å². The Morgan fingerprint density at radius 1 is 0.531 bits per heavy atom. The number of carboxylic acid groups (broad SMARTS) is 2. The fourth-order valence-electron chi connectivity index (χ4n) is 3.72. The van der Waals surface area contributed by atoms with Crippen molar-refractivity contribution in [3.63, 3.8) is 0 Å². The van der Waals surface area contributed by atoms with Crippen molar-refractivity contribution in [2.45, 2.75) is 38.5 Å². The Morgan fingerprint density at radius 2 is 0.750 bits per heavy atom. The number of carbonyl (C=O) groups is 2. The molecule has 3 aromatic rings. The molecule has 0 radical (unpaired) electrons. The van der Waals surface area contributed by atoms with Crippen LogP contribution in [0.3, 0.4) is 0 Å². The molecule has 0 saturated carbocycles. The molecule has 0 spiro atoms. The highest BCUT2D eigenvalue weighted by Crippen LogP contribution is 2.36. The highest BCUT2D eigenvalue weighted by molar-refractivity contribution is 5.61. The van der Waals surface area contributed by atoms with Gasteiger partial charge in [0.2, 0.25) is 0 Å². The molecule has 3 aromatic carbocycles. The monoisotopic (exact) mass is 434 g/mol. The lowest BCUT2D eigenvalue weighted by Gasteiger charge is -2.29. The maximum Gasteiger partial charge on any atom is 0.511 e. The summed E-state index contributed by atoms with van der Waals surface area (Å²) in [6.07, 6.45) is -2.67. The van der Waals surface area contributed by atoms with E-state index in [0.29, 0.717) is 0 Å². The van der Waals surface area contributed by atoms with Gasteiger partial charge in [-0.1, -0.05) is 76.2 Å². The molecule has 0 aliphatic carbocycles. The van der Waals surface area contributed by atoms with Crippen molar-refractivity contribution in [1.29, 1.82) is 0 Å². The summed E-state index contributed by atoms with van der Waals surface area (Å²) in [5.41, 5.74) is 3.73. The minimum Gasteiger partial charge on any atom is -0.449 e. The van der Waals surface area contributed by atoms with Gasteiger partial charge in [-0.2, -0.15) is 0 Å². The predicted molar refractivity (Wildman–Crippen MR) is 121 cm³/mol. The van der Waals surface area contributed by atoms with Gasteiger partial charge in [0.15, 0.2) is 0 Å². The molecule has 6 nitrogen and oxygen atoms in total. The first-order valence-electron chi connectivity index (χ1n) is 10.1. The van der Waals surface area contributed by atoms with Crippen LogP contribution in [0.1, 0.15) is 49.9 Å². The van der Waals surface area contributed by atoms with Crippen LogP contribution in [0.25, 0.3) is 0 Å². The lowest BCUT2D eigenvalue weighted by molar-refractivity contribution is 0.143. The molecule has 0 amide bonds. The van der Waals surface area contributed by atoms with Crippen LogP contribution in [0.5, 0.6) is 11.5 Å². The fraction of sp³-hybridized carbons (Fsp3) is 0.231. The van der Waals surface area contributed by atoms with E-state index in [2.05, 4.69) is 61.4 Å². The largest absolute Gasteiger partial charge is 0.511 e. The van der Waals surface area contributed by atoms with E-state index in [9.17, 15) is 9.59 Å². The molecular formula is C26H26O6. The normalized spacial score (nSPS) is 11.6. The summed E-state index contributed by atoms with van der Waals surface area (Å²) in [6, 6.07) is 22.5. The summed E-state index contributed by atoms with van der Waals surface area (Å²) in [4.78, 5) is 21.4. The molecule has 0 bridgehead atoms. The van der Waals surface area contributed by atoms with Gasteiger partial charge in [0.25, 0.3) is 0 Å². The van der Waals surface area contributed by atoms with Crippen molar-refractivity contribution in [2.24, 2.45) is 0 Å². The number of ether oxygens (including phenoxy) is 2. The van der Waals surface area contributed by atoms with Crippen LogP contribution in [-0.2, 0) is 10.8 Å². The minimum absolute atomic E-state index is 0.286. The zero-order chi connectivity index (χ0) is 23.5. The molecule has 32 heavy (non-hydrogen) atoms. The van der Waals surface area contributed by atoms with Crippen LogP contribution in [-0.4, -0.2) is 22.5 Å². The molecule has 0 aromatic heterocycles. The second-order valence-electron chi connectivity index (χ2n) is 8.61. The van der Waals surface area contributed by atoms with E-state index in [1.54, 1.807) is 24.3 Å². The first kappa shape index (κ1) is 22.9. The first-order chi connectivity index (χ1) is 15.0. The van der Waals surface area contributed by atoms with Gasteiger partial charge < -0.3 is 19.7 Å². The maximum atomic E-state index is 10.7. The smallest absolute Gasteiger partial charge is 0.449 e. The summed E-state index contributed by atoms with van der Waals surface area (Å²) < 4.78 is 9.38. The predicted octanol–water partition coefficient (Wildman–Crippen LogP) is 6.45. The van der Waals surface area contributed by atoms with Crippen LogP contribution >= 0.6 is 0 Å². The van der Waals surface area contributed by atoms with Crippen molar-refractivity contribution >= 4 is 12.3 Å². The Hall–Kier alpha value is -3.80. The van der Waals surface area contributed by atoms with Gasteiger partial charge in [-0.05, 0) is 46.5 Å². The minimum atomic E-state index is -1.33. The molecule has 6 heteroatoms.